The molecule has 8 heteroatoms. The zero-order chi connectivity index (χ0) is 21.4. The lowest BCUT2D eigenvalue weighted by Gasteiger charge is -2.31. The first kappa shape index (κ1) is 20.3. The van der Waals surface area contributed by atoms with Crippen LogP contribution < -0.4 is 5.32 Å². The van der Waals surface area contributed by atoms with Gasteiger partial charge in [-0.05, 0) is 54.1 Å². The van der Waals surface area contributed by atoms with Crippen molar-refractivity contribution in [1.29, 1.82) is 0 Å². The molecule has 3 aromatic carbocycles. The Morgan fingerprint density at radius 3 is 2.37 bits per heavy atom. The molecule has 0 spiro atoms. The maximum Gasteiger partial charge on any atom is 0.256 e. The van der Waals surface area contributed by atoms with Crippen LogP contribution in [0.2, 0.25) is 10.0 Å². The zero-order valence-corrected chi connectivity index (χ0v) is 16.8. The van der Waals surface area contributed by atoms with Crippen molar-refractivity contribution in [3.8, 4) is 0 Å². The van der Waals surface area contributed by atoms with E-state index in [1.165, 1.54) is 65.6 Å². The van der Waals surface area contributed by atoms with Gasteiger partial charge in [0.15, 0.2) is 0 Å². The molecular weight excluding hydrogens is 433 g/mol. The predicted octanol–water partition coefficient (Wildman–Crippen LogP) is 5.46. The molecule has 0 bridgehead atoms. The van der Waals surface area contributed by atoms with Crippen LogP contribution in [0.3, 0.4) is 0 Å². The maximum absolute atomic E-state index is 14.1. The van der Waals surface area contributed by atoms with Crippen LogP contribution in [0.25, 0.3) is 0 Å². The molecule has 1 atom stereocenters. The number of benzene rings is 3. The Labute approximate surface area is 181 Å². The van der Waals surface area contributed by atoms with Gasteiger partial charge in [-0.2, -0.15) is 0 Å². The molecule has 0 saturated carbocycles. The number of carbonyl (C=O) groups is 2. The zero-order valence-electron chi connectivity index (χ0n) is 15.3. The van der Waals surface area contributed by atoms with E-state index in [0.29, 0.717) is 21.8 Å². The van der Waals surface area contributed by atoms with Crippen LogP contribution in [0.5, 0.6) is 0 Å². The number of amides is 2. The number of carbonyl (C=O) groups excluding carboxylic acids is 2. The van der Waals surface area contributed by atoms with Gasteiger partial charge in [-0.1, -0.05) is 35.3 Å². The summed E-state index contributed by atoms with van der Waals surface area (Å²) in [6.07, 6.45) is 0. The van der Waals surface area contributed by atoms with Crippen molar-refractivity contribution >= 4 is 40.7 Å². The molecule has 30 heavy (non-hydrogen) atoms. The minimum atomic E-state index is -0.852. The Morgan fingerprint density at radius 1 is 0.967 bits per heavy atom. The highest BCUT2D eigenvalue weighted by molar-refractivity contribution is 6.36. The predicted molar refractivity (Wildman–Crippen MR) is 111 cm³/mol. The number of fused-ring (bicyclic) bond motifs is 1. The number of nitrogens with zero attached hydrogens (tertiary/aromatic N) is 1. The fourth-order valence-corrected chi connectivity index (χ4v) is 3.98. The van der Waals surface area contributed by atoms with Gasteiger partial charge in [0.2, 0.25) is 5.91 Å². The SMILES string of the molecule is O=C1CN(C(=O)c2ccc(Cl)cc2Cl)[C@@H](c2ccc(F)cc2)c2cc(F)ccc2N1. The summed E-state index contributed by atoms with van der Waals surface area (Å²) in [5, 5.41) is 3.17. The van der Waals surface area contributed by atoms with Crippen LogP contribution in [0, 0.1) is 11.6 Å². The third kappa shape index (κ3) is 3.88. The second kappa shape index (κ2) is 8.05. The van der Waals surface area contributed by atoms with Gasteiger partial charge in [0.1, 0.15) is 18.2 Å². The summed E-state index contributed by atoms with van der Waals surface area (Å²) in [6.45, 7) is -0.309. The van der Waals surface area contributed by atoms with Crippen LogP contribution in [-0.2, 0) is 4.79 Å². The molecule has 4 rings (SSSR count). The number of halogens is 4. The molecule has 1 N–H and O–H groups in total. The first-order valence-corrected chi connectivity index (χ1v) is 9.70. The van der Waals surface area contributed by atoms with Crippen LogP contribution in [-0.4, -0.2) is 23.3 Å². The van der Waals surface area contributed by atoms with Crippen molar-refractivity contribution in [3.05, 3.63) is 99.0 Å². The Hall–Kier alpha value is -2.96. The van der Waals surface area contributed by atoms with Gasteiger partial charge in [-0.3, -0.25) is 9.59 Å². The Bertz CT molecular complexity index is 1150. The monoisotopic (exact) mass is 446 g/mol. The lowest BCUT2D eigenvalue weighted by molar-refractivity contribution is -0.117. The number of nitrogens with one attached hydrogen (secondary N) is 1. The molecule has 4 nitrogen and oxygen atoms in total. The summed E-state index contributed by atoms with van der Waals surface area (Å²) < 4.78 is 27.7. The van der Waals surface area contributed by atoms with Crippen LogP contribution in [0.4, 0.5) is 14.5 Å². The van der Waals surface area contributed by atoms with E-state index in [2.05, 4.69) is 5.32 Å². The van der Waals surface area contributed by atoms with Crippen molar-refractivity contribution in [2.75, 3.05) is 11.9 Å². The van der Waals surface area contributed by atoms with E-state index in [0.717, 1.165) is 0 Å². The minimum Gasteiger partial charge on any atom is -0.324 e. The average molecular weight is 447 g/mol. The molecule has 2 amide bonds. The Kier molecular flexibility index (Phi) is 5.45. The fraction of sp³-hybridized carbons (Fsp3) is 0.0909. The molecule has 0 aromatic heterocycles. The maximum atomic E-state index is 14.1. The average Bonchev–Trinajstić information content (AvgIpc) is 2.84. The van der Waals surface area contributed by atoms with Crippen molar-refractivity contribution in [3.63, 3.8) is 0 Å². The van der Waals surface area contributed by atoms with Crippen LogP contribution >= 0.6 is 23.2 Å². The lowest BCUT2D eigenvalue weighted by Crippen LogP contribution is -2.39. The van der Waals surface area contributed by atoms with E-state index in [1.54, 1.807) is 0 Å². The van der Waals surface area contributed by atoms with Crippen LogP contribution in [0.15, 0.2) is 60.7 Å². The smallest absolute Gasteiger partial charge is 0.256 e. The summed E-state index contributed by atoms with van der Waals surface area (Å²) in [5.74, 6) is -1.99. The number of hydrogen-bond acceptors (Lipinski definition) is 2. The highest BCUT2D eigenvalue weighted by Gasteiger charge is 2.35. The summed E-state index contributed by atoms with van der Waals surface area (Å²) >= 11 is 12.1. The standard InChI is InChI=1S/C22H14Cl2F2N2O2/c23-13-3-7-16(18(24)9-13)22(30)28-11-20(29)27-19-8-6-15(26)10-17(19)21(28)12-1-4-14(25)5-2-12/h1-10,21H,11H2,(H,27,29)/t21-/m0/s1. The topological polar surface area (TPSA) is 49.4 Å². The number of rotatable bonds is 2. The highest BCUT2D eigenvalue weighted by Crippen LogP contribution is 2.37. The summed E-state index contributed by atoms with van der Waals surface area (Å²) in [5.41, 5.74) is 1.39. The van der Waals surface area contributed by atoms with Gasteiger partial charge in [0.05, 0.1) is 16.6 Å². The van der Waals surface area contributed by atoms with Gasteiger partial charge in [-0.15, -0.1) is 0 Å². The normalized spacial score (nSPS) is 15.9. The molecule has 152 valence electrons. The molecule has 1 aliphatic heterocycles. The van der Waals surface area contributed by atoms with E-state index in [9.17, 15) is 18.4 Å². The van der Waals surface area contributed by atoms with Crippen molar-refractivity contribution in [2.45, 2.75) is 6.04 Å². The Balaban J connectivity index is 1.90. The van der Waals surface area contributed by atoms with Gasteiger partial charge < -0.3 is 10.2 Å². The Morgan fingerprint density at radius 2 is 1.67 bits per heavy atom. The highest BCUT2D eigenvalue weighted by atomic mass is 35.5. The fourth-order valence-electron chi connectivity index (χ4n) is 3.49. The molecular formula is C22H14Cl2F2N2O2. The molecule has 3 aromatic rings. The second-order valence-electron chi connectivity index (χ2n) is 6.79. The molecule has 0 unspecified atom stereocenters. The number of anilines is 1. The van der Waals surface area contributed by atoms with Crippen molar-refractivity contribution in [2.24, 2.45) is 0 Å². The molecule has 0 radical (unpaired) electrons. The van der Waals surface area contributed by atoms with Gasteiger partial charge in [0, 0.05) is 16.3 Å². The van der Waals surface area contributed by atoms with Crippen LogP contribution in [0.1, 0.15) is 27.5 Å². The van der Waals surface area contributed by atoms with E-state index in [-0.39, 0.29) is 17.1 Å². The second-order valence-corrected chi connectivity index (χ2v) is 7.63. The summed E-state index contributed by atoms with van der Waals surface area (Å²) in [6, 6.07) is 12.9. The molecule has 0 saturated heterocycles. The van der Waals surface area contributed by atoms with Gasteiger partial charge >= 0.3 is 0 Å². The number of hydrogen-bond donors (Lipinski definition) is 1. The summed E-state index contributed by atoms with van der Waals surface area (Å²) in [7, 11) is 0. The first-order valence-electron chi connectivity index (χ1n) is 8.94. The molecule has 0 aliphatic carbocycles. The lowest BCUT2D eigenvalue weighted by atomic mass is 9.95. The largest absolute Gasteiger partial charge is 0.324 e. The van der Waals surface area contributed by atoms with Crippen molar-refractivity contribution < 1.29 is 18.4 Å². The summed E-state index contributed by atoms with van der Waals surface area (Å²) in [4.78, 5) is 27.2. The van der Waals surface area contributed by atoms with E-state index < -0.39 is 29.5 Å². The minimum absolute atomic E-state index is 0.120. The molecule has 0 fully saturated rings. The van der Waals surface area contributed by atoms with E-state index in [4.69, 9.17) is 23.2 Å². The molecule has 1 heterocycles. The van der Waals surface area contributed by atoms with Crippen molar-refractivity contribution in [1.82, 2.24) is 4.90 Å². The van der Waals surface area contributed by atoms with E-state index >= 15 is 0 Å². The molecule has 1 aliphatic rings. The van der Waals surface area contributed by atoms with Gasteiger partial charge in [-0.25, -0.2) is 8.78 Å². The third-order valence-corrected chi connectivity index (χ3v) is 5.36. The third-order valence-electron chi connectivity index (χ3n) is 4.82. The van der Waals surface area contributed by atoms with Gasteiger partial charge in [0.25, 0.3) is 5.91 Å². The quantitative estimate of drug-likeness (QED) is 0.568. The van der Waals surface area contributed by atoms with E-state index in [1.807, 2.05) is 0 Å². The first-order chi connectivity index (χ1) is 14.3.